The highest BCUT2D eigenvalue weighted by Gasteiger charge is 2.32. The zero-order valence-electron chi connectivity index (χ0n) is 13.9. The molecule has 2 unspecified atom stereocenters. The summed E-state index contributed by atoms with van der Waals surface area (Å²) in [6.45, 7) is 3.64. The molecule has 3 rings (SSSR count). The molecule has 0 N–H and O–H groups in total. The Hall–Kier alpha value is -2.33. The number of morpholine rings is 1. The molecule has 2 aromatic rings. The van der Waals surface area contributed by atoms with Gasteiger partial charge in [-0.05, 0) is 24.6 Å². The summed E-state index contributed by atoms with van der Waals surface area (Å²) in [5.41, 5.74) is 1.11. The largest absolute Gasteiger partial charge is 0.493 e. The van der Waals surface area contributed by atoms with Crippen LogP contribution in [0.25, 0.3) is 0 Å². The number of hydrogen-bond acceptors (Lipinski definition) is 3. The fraction of sp³-hybridized carbons (Fsp3) is 0.350. The molecular weight excluding hydrogens is 302 g/mol. The van der Waals surface area contributed by atoms with Crippen molar-refractivity contribution in [3.8, 4) is 5.75 Å². The van der Waals surface area contributed by atoms with Gasteiger partial charge in [0, 0.05) is 6.54 Å². The third-order valence-corrected chi connectivity index (χ3v) is 4.34. The first kappa shape index (κ1) is 16.5. The highest BCUT2D eigenvalue weighted by molar-refractivity contribution is 5.76. The summed E-state index contributed by atoms with van der Waals surface area (Å²) in [4.78, 5) is 14.5. The van der Waals surface area contributed by atoms with Crippen LogP contribution in [0.5, 0.6) is 5.75 Å². The molecule has 1 fully saturated rings. The molecule has 0 aromatic heterocycles. The van der Waals surface area contributed by atoms with Crippen molar-refractivity contribution in [2.45, 2.75) is 25.5 Å². The van der Waals surface area contributed by atoms with E-state index in [4.69, 9.17) is 9.47 Å². The lowest BCUT2D eigenvalue weighted by Gasteiger charge is -2.39. The monoisotopic (exact) mass is 325 g/mol. The van der Waals surface area contributed by atoms with Crippen LogP contribution in [0.1, 0.15) is 25.0 Å². The van der Waals surface area contributed by atoms with Crippen molar-refractivity contribution in [1.82, 2.24) is 4.90 Å². The number of hydrogen-bond donors (Lipinski definition) is 0. The Balaban J connectivity index is 1.56. The third-order valence-electron chi connectivity index (χ3n) is 4.34. The summed E-state index contributed by atoms with van der Waals surface area (Å²) in [6.07, 6.45) is 0.305. The van der Waals surface area contributed by atoms with E-state index in [1.807, 2.05) is 72.5 Å². The molecule has 1 heterocycles. The van der Waals surface area contributed by atoms with Gasteiger partial charge in [-0.15, -0.1) is 0 Å². The van der Waals surface area contributed by atoms with Crippen molar-refractivity contribution in [3.05, 3.63) is 66.2 Å². The van der Waals surface area contributed by atoms with Crippen LogP contribution in [0.2, 0.25) is 0 Å². The zero-order valence-corrected chi connectivity index (χ0v) is 13.9. The van der Waals surface area contributed by atoms with Crippen LogP contribution in [-0.2, 0) is 9.53 Å². The quantitative estimate of drug-likeness (QED) is 0.845. The maximum absolute atomic E-state index is 12.6. The van der Waals surface area contributed by atoms with Gasteiger partial charge >= 0.3 is 0 Å². The van der Waals surface area contributed by atoms with Crippen LogP contribution in [0.15, 0.2) is 60.7 Å². The number of ether oxygens (including phenoxy) is 2. The second kappa shape index (κ2) is 7.97. The minimum Gasteiger partial charge on any atom is -0.493 e. The molecule has 0 radical (unpaired) electrons. The first-order chi connectivity index (χ1) is 11.8. The lowest BCUT2D eigenvalue weighted by Crippen LogP contribution is -2.48. The van der Waals surface area contributed by atoms with Crippen LogP contribution >= 0.6 is 0 Å². The number of rotatable bonds is 5. The Morgan fingerprint density at radius 3 is 2.50 bits per heavy atom. The summed E-state index contributed by atoms with van der Waals surface area (Å²) in [6, 6.07) is 19.7. The van der Waals surface area contributed by atoms with Crippen LogP contribution in [-0.4, -0.2) is 36.6 Å². The van der Waals surface area contributed by atoms with E-state index < -0.39 is 0 Å². The van der Waals surface area contributed by atoms with Crippen LogP contribution in [0.4, 0.5) is 0 Å². The van der Waals surface area contributed by atoms with E-state index >= 15 is 0 Å². The molecule has 1 amide bonds. The molecule has 0 saturated carbocycles. The van der Waals surface area contributed by atoms with Gasteiger partial charge in [-0.3, -0.25) is 4.79 Å². The average Bonchev–Trinajstić information content (AvgIpc) is 2.63. The van der Waals surface area contributed by atoms with E-state index in [1.165, 1.54) is 0 Å². The predicted molar refractivity (Wildman–Crippen MR) is 92.9 cm³/mol. The topological polar surface area (TPSA) is 38.8 Å². The molecule has 24 heavy (non-hydrogen) atoms. The Labute approximate surface area is 143 Å². The number of para-hydroxylation sites is 1. The van der Waals surface area contributed by atoms with Gasteiger partial charge in [0.15, 0.2) is 0 Å². The van der Waals surface area contributed by atoms with E-state index in [0.717, 1.165) is 11.3 Å². The molecule has 0 bridgehead atoms. The Bertz CT molecular complexity index is 644. The molecule has 2 atom stereocenters. The van der Waals surface area contributed by atoms with Gasteiger partial charge in [0.1, 0.15) is 11.9 Å². The lowest BCUT2D eigenvalue weighted by molar-refractivity contribution is -0.146. The normalized spacial score (nSPS) is 20.6. The van der Waals surface area contributed by atoms with Gasteiger partial charge < -0.3 is 14.4 Å². The van der Waals surface area contributed by atoms with Crippen molar-refractivity contribution < 1.29 is 14.3 Å². The standard InChI is InChI=1S/C20H23NO3/c1-16-20(17-8-4-2-5-9-17)24-15-13-21(16)19(22)12-14-23-18-10-6-3-7-11-18/h2-11,16,20H,12-15H2,1H3. The number of carbonyl (C=O) groups excluding carboxylic acids is 1. The Kier molecular flexibility index (Phi) is 5.49. The summed E-state index contributed by atoms with van der Waals surface area (Å²) in [7, 11) is 0. The highest BCUT2D eigenvalue weighted by Crippen LogP contribution is 2.28. The third kappa shape index (κ3) is 3.95. The molecule has 4 nitrogen and oxygen atoms in total. The molecular formula is C20H23NO3. The second-order valence-electron chi connectivity index (χ2n) is 5.94. The predicted octanol–water partition coefficient (Wildman–Crippen LogP) is 3.44. The van der Waals surface area contributed by atoms with Gasteiger partial charge in [0.2, 0.25) is 5.91 Å². The fourth-order valence-corrected chi connectivity index (χ4v) is 3.07. The van der Waals surface area contributed by atoms with E-state index in [9.17, 15) is 4.79 Å². The molecule has 1 saturated heterocycles. The smallest absolute Gasteiger partial charge is 0.226 e. The van der Waals surface area contributed by atoms with E-state index in [-0.39, 0.29) is 18.1 Å². The van der Waals surface area contributed by atoms with Gasteiger partial charge in [-0.25, -0.2) is 0 Å². The minimum atomic E-state index is -0.0704. The molecule has 1 aliphatic rings. The summed E-state index contributed by atoms with van der Waals surface area (Å²) in [5.74, 6) is 0.908. The molecule has 126 valence electrons. The van der Waals surface area contributed by atoms with Crippen LogP contribution in [0, 0.1) is 0 Å². The highest BCUT2D eigenvalue weighted by atomic mass is 16.5. The molecule has 1 aliphatic heterocycles. The number of amides is 1. The summed E-state index contributed by atoms with van der Waals surface area (Å²) >= 11 is 0. The van der Waals surface area contributed by atoms with E-state index in [0.29, 0.717) is 26.2 Å². The second-order valence-corrected chi connectivity index (χ2v) is 5.94. The number of nitrogens with zero attached hydrogens (tertiary/aromatic N) is 1. The van der Waals surface area contributed by atoms with Gasteiger partial charge in [-0.1, -0.05) is 48.5 Å². The average molecular weight is 325 g/mol. The summed E-state index contributed by atoms with van der Waals surface area (Å²) in [5, 5.41) is 0. The van der Waals surface area contributed by atoms with Crippen molar-refractivity contribution in [2.75, 3.05) is 19.8 Å². The molecule has 0 spiro atoms. The number of carbonyl (C=O) groups is 1. The SMILES string of the molecule is CC1C(c2ccccc2)OCCN1C(=O)CCOc1ccccc1. The Morgan fingerprint density at radius 2 is 1.79 bits per heavy atom. The Morgan fingerprint density at radius 1 is 1.12 bits per heavy atom. The van der Waals surface area contributed by atoms with Crippen molar-refractivity contribution in [2.24, 2.45) is 0 Å². The van der Waals surface area contributed by atoms with Gasteiger partial charge in [-0.2, -0.15) is 0 Å². The molecule has 4 heteroatoms. The van der Waals surface area contributed by atoms with Crippen LogP contribution in [0.3, 0.4) is 0 Å². The van der Waals surface area contributed by atoms with Crippen molar-refractivity contribution >= 4 is 5.91 Å². The van der Waals surface area contributed by atoms with E-state index in [2.05, 4.69) is 0 Å². The molecule has 2 aromatic carbocycles. The van der Waals surface area contributed by atoms with Crippen molar-refractivity contribution in [3.63, 3.8) is 0 Å². The first-order valence-electron chi connectivity index (χ1n) is 8.39. The van der Waals surface area contributed by atoms with E-state index in [1.54, 1.807) is 0 Å². The minimum absolute atomic E-state index is 0.0189. The first-order valence-corrected chi connectivity index (χ1v) is 8.39. The molecule has 0 aliphatic carbocycles. The number of benzene rings is 2. The maximum atomic E-state index is 12.6. The van der Waals surface area contributed by atoms with Gasteiger partial charge in [0.25, 0.3) is 0 Å². The van der Waals surface area contributed by atoms with Gasteiger partial charge in [0.05, 0.1) is 25.7 Å². The zero-order chi connectivity index (χ0) is 16.8. The fourth-order valence-electron chi connectivity index (χ4n) is 3.07. The maximum Gasteiger partial charge on any atom is 0.226 e. The lowest BCUT2D eigenvalue weighted by atomic mass is 10.0. The van der Waals surface area contributed by atoms with Crippen LogP contribution < -0.4 is 4.74 Å². The summed E-state index contributed by atoms with van der Waals surface area (Å²) < 4.78 is 11.5. The van der Waals surface area contributed by atoms with Crippen molar-refractivity contribution in [1.29, 1.82) is 0 Å².